The lowest BCUT2D eigenvalue weighted by Crippen LogP contribution is -2.49. The van der Waals surface area contributed by atoms with Crippen LogP contribution in [0.25, 0.3) is 0 Å². The highest BCUT2D eigenvalue weighted by Crippen LogP contribution is 2.37. The van der Waals surface area contributed by atoms with Gasteiger partial charge >= 0.3 is 0 Å². The summed E-state index contributed by atoms with van der Waals surface area (Å²) in [6.45, 7) is 6.80. The number of rotatable bonds is 5. The molecule has 112 valence electrons. The highest BCUT2D eigenvalue weighted by Gasteiger charge is 2.36. The lowest BCUT2D eigenvalue weighted by atomic mass is 9.68. The molecule has 3 nitrogen and oxygen atoms in total. The third-order valence-corrected chi connectivity index (χ3v) is 4.83. The molecule has 1 saturated carbocycles. The molecule has 0 aromatic carbocycles. The first-order valence-corrected chi connectivity index (χ1v) is 7.83. The minimum atomic E-state index is 0.296. The molecule has 1 aromatic heterocycles. The van der Waals surface area contributed by atoms with Gasteiger partial charge in [0.1, 0.15) is 0 Å². The molecule has 0 spiro atoms. The molecule has 1 aliphatic carbocycles. The fourth-order valence-electron chi connectivity index (χ4n) is 3.35. The molecule has 0 radical (unpaired) electrons. The van der Waals surface area contributed by atoms with Crippen LogP contribution in [0.2, 0.25) is 0 Å². The van der Waals surface area contributed by atoms with E-state index in [9.17, 15) is 0 Å². The summed E-state index contributed by atoms with van der Waals surface area (Å²) in [6, 6.07) is 6.45. The van der Waals surface area contributed by atoms with Gasteiger partial charge in [0.25, 0.3) is 0 Å². The lowest BCUT2D eigenvalue weighted by Gasteiger charge is -2.43. The fourth-order valence-corrected chi connectivity index (χ4v) is 3.35. The summed E-state index contributed by atoms with van der Waals surface area (Å²) in [7, 11) is 2.21. The highest BCUT2D eigenvalue weighted by atomic mass is 15.1. The summed E-state index contributed by atoms with van der Waals surface area (Å²) in [6.07, 6.45) is 6.75. The predicted octanol–water partition coefficient (Wildman–Crippen LogP) is 2.71. The van der Waals surface area contributed by atoms with E-state index in [0.717, 1.165) is 19.5 Å². The maximum atomic E-state index is 6.47. The van der Waals surface area contributed by atoms with Gasteiger partial charge in [0.15, 0.2) is 0 Å². The molecule has 1 heterocycles. The topological polar surface area (TPSA) is 42.2 Å². The summed E-state index contributed by atoms with van der Waals surface area (Å²) >= 11 is 0. The van der Waals surface area contributed by atoms with Crippen LogP contribution in [0.15, 0.2) is 24.4 Å². The van der Waals surface area contributed by atoms with E-state index in [2.05, 4.69) is 42.9 Å². The molecule has 0 saturated heterocycles. The van der Waals surface area contributed by atoms with Crippen molar-refractivity contribution in [2.24, 2.45) is 17.1 Å². The molecule has 2 atom stereocenters. The van der Waals surface area contributed by atoms with Gasteiger partial charge < -0.3 is 10.6 Å². The Morgan fingerprint density at radius 1 is 1.40 bits per heavy atom. The van der Waals surface area contributed by atoms with Gasteiger partial charge in [-0.25, -0.2) is 0 Å². The summed E-state index contributed by atoms with van der Waals surface area (Å²) in [5.41, 5.74) is 7.94. The van der Waals surface area contributed by atoms with E-state index in [1.807, 2.05) is 12.3 Å². The zero-order chi connectivity index (χ0) is 14.6. The van der Waals surface area contributed by atoms with Gasteiger partial charge in [-0.1, -0.05) is 26.3 Å². The van der Waals surface area contributed by atoms with Crippen LogP contribution in [0, 0.1) is 11.3 Å². The molecule has 1 fully saturated rings. The van der Waals surface area contributed by atoms with Crippen molar-refractivity contribution < 1.29 is 0 Å². The van der Waals surface area contributed by atoms with E-state index in [4.69, 9.17) is 5.73 Å². The van der Waals surface area contributed by atoms with Gasteiger partial charge in [-0.3, -0.25) is 4.98 Å². The van der Waals surface area contributed by atoms with Crippen LogP contribution < -0.4 is 5.73 Å². The van der Waals surface area contributed by atoms with Crippen LogP contribution in [0.1, 0.15) is 38.8 Å². The van der Waals surface area contributed by atoms with Crippen molar-refractivity contribution in [2.75, 3.05) is 20.1 Å². The Bertz CT molecular complexity index is 402. The smallest absolute Gasteiger partial charge is 0.0416 e. The monoisotopic (exact) mass is 275 g/mol. The zero-order valence-electron chi connectivity index (χ0n) is 13.2. The van der Waals surface area contributed by atoms with E-state index in [0.29, 0.717) is 17.4 Å². The van der Waals surface area contributed by atoms with Gasteiger partial charge in [0, 0.05) is 37.4 Å². The molecule has 0 aliphatic heterocycles. The molecule has 0 bridgehead atoms. The first-order chi connectivity index (χ1) is 9.49. The number of pyridine rings is 1. The van der Waals surface area contributed by atoms with Crippen LogP contribution in [-0.2, 0) is 6.42 Å². The van der Waals surface area contributed by atoms with Crippen LogP contribution >= 0.6 is 0 Å². The zero-order valence-corrected chi connectivity index (χ0v) is 13.2. The molecule has 20 heavy (non-hydrogen) atoms. The number of likely N-dealkylation sites (N-methyl/N-ethyl adjacent to an activating group) is 1. The van der Waals surface area contributed by atoms with Crippen molar-refractivity contribution in [1.29, 1.82) is 0 Å². The second-order valence-corrected chi connectivity index (χ2v) is 7.00. The Balaban J connectivity index is 1.80. The molecule has 1 aromatic rings. The lowest BCUT2D eigenvalue weighted by molar-refractivity contribution is 0.111. The van der Waals surface area contributed by atoms with Gasteiger partial charge in [0.2, 0.25) is 0 Å². The Morgan fingerprint density at radius 3 is 2.90 bits per heavy atom. The molecular weight excluding hydrogens is 246 g/mol. The van der Waals surface area contributed by atoms with Gasteiger partial charge in [0.05, 0.1) is 0 Å². The van der Waals surface area contributed by atoms with Crippen molar-refractivity contribution in [3.8, 4) is 0 Å². The second-order valence-electron chi connectivity index (χ2n) is 7.00. The highest BCUT2D eigenvalue weighted by molar-refractivity contribution is 5.03. The van der Waals surface area contributed by atoms with Crippen molar-refractivity contribution in [1.82, 2.24) is 9.88 Å². The summed E-state index contributed by atoms with van der Waals surface area (Å²) in [4.78, 5) is 6.80. The van der Waals surface area contributed by atoms with E-state index in [-0.39, 0.29) is 0 Å². The Kier molecular flexibility index (Phi) is 5.17. The van der Waals surface area contributed by atoms with E-state index in [1.54, 1.807) is 0 Å². The maximum Gasteiger partial charge on any atom is 0.0416 e. The van der Waals surface area contributed by atoms with Crippen LogP contribution in [-0.4, -0.2) is 36.1 Å². The third-order valence-electron chi connectivity index (χ3n) is 4.83. The SMILES string of the molecule is CN(CCc1ccccn1)CC1CCCC(C)(C)C1N. The number of nitrogens with zero attached hydrogens (tertiary/aromatic N) is 2. The van der Waals surface area contributed by atoms with Crippen molar-refractivity contribution >= 4 is 0 Å². The Morgan fingerprint density at radius 2 is 2.20 bits per heavy atom. The summed E-state index contributed by atoms with van der Waals surface area (Å²) in [5, 5.41) is 0. The average Bonchev–Trinajstić information content (AvgIpc) is 2.43. The first-order valence-electron chi connectivity index (χ1n) is 7.83. The van der Waals surface area contributed by atoms with Crippen molar-refractivity contribution in [2.45, 2.75) is 45.6 Å². The van der Waals surface area contributed by atoms with Gasteiger partial charge in [-0.15, -0.1) is 0 Å². The largest absolute Gasteiger partial charge is 0.327 e. The minimum absolute atomic E-state index is 0.296. The first kappa shape index (κ1) is 15.5. The summed E-state index contributed by atoms with van der Waals surface area (Å²) in [5.74, 6) is 0.632. The number of nitrogens with two attached hydrogens (primary N) is 1. The van der Waals surface area contributed by atoms with Crippen LogP contribution in [0.3, 0.4) is 0 Å². The third kappa shape index (κ3) is 4.03. The molecule has 1 aliphatic rings. The standard InChI is InChI=1S/C17H29N3/c1-17(2)10-6-7-14(16(17)18)13-20(3)12-9-15-8-4-5-11-19-15/h4-5,8,11,14,16H,6-7,9-10,12-13,18H2,1-3H3. The van der Waals surface area contributed by atoms with Gasteiger partial charge in [-0.05, 0) is 43.4 Å². The number of hydrogen-bond acceptors (Lipinski definition) is 3. The maximum absolute atomic E-state index is 6.47. The number of aromatic nitrogens is 1. The normalized spacial score (nSPS) is 25.9. The van der Waals surface area contributed by atoms with Crippen LogP contribution in [0.5, 0.6) is 0 Å². The Labute approximate surface area is 123 Å². The quantitative estimate of drug-likeness (QED) is 0.898. The average molecular weight is 275 g/mol. The van der Waals surface area contributed by atoms with Crippen molar-refractivity contribution in [3.63, 3.8) is 0 Å². The number of hydrogen-bond donors (Lipinski definition) is 1. The molecule has 0 amide bonds. The molecule has 2 N–H and O–H groups in total. The van der Waals surface area contributed by atoms with E-state index < -0.39 is 0 Å². The van der Waals surface area contributed by atoms with Gasteiger partial charge in [-0.2, -0.15) is 0 Å². The molecule has 3 heteroatoms. The Hall–Kier alpha value is -0.930. The molecule has 2 unspecified atom stereocenters. The summed E-state index contributed by atoms with van der Waals surface area (Å²) < 4.78 is 0. The van der Waals surface area contributed by atoms with Crippen LogP contribution in [0.4, 0.5) is 0 Å². The van der Waals surface area contributed by atoms with E-state index in [1.165, 1.54) is 25.0 Å². The minimum Gasteiger partial charge on any atom is -0.327 e. The second kappa shape index (κ2) is 6.68. The fraction of sp³-hybridized carbons (Fsp3) is 0.706. The molecule has 2 rings (SSSR count). The van der Waals surface area contributed by atoms with Crippen molar-refractivity contribution in [3.05, 3.63) is 30.1 Å². The molecular formula is C17H29N3. The van der Waals surface area contributed by atoms with E-state index >= 15 is 0 Å². The predicted molar refractivity (Wildman–Crippen MR) is 84.5 cm³/mol.